The molecule has 1 fully saturated rings. The van der Waals surface area contributed by atoms with E-state index in [-0.39, 0.29) is 24.6 Å². The molecule has 0 bridgehead atoms. The maximum Gasteiger partial charge on any atom is 0.244 e. The second-order valence-electron chi connectivity index (χ2n) is 4.32. The predicted molar refractivity (Wildman–Crippen MR) is 69.8 cm³/mol. The van der Waals surface area contributed by atoms with Crippen molar-refractivity contribution in [1.29, 1.82) is 0 Å². The van der Waals surface area contributed by atoms with Crippen LogP contribution in [-0.4, -0.2) is 37.3 Å². The van der Waals surface area contributed by atoms with Crippen LogP contribution in [0.3, 0.4) is 0 Å². The number of hydrogen-bond acceptors (Lipinski definition) is 3. The molecule has 0 radical (unpaired) electrons. The maximum absolute atomic E-state index is 12.9. The number of anilines is 1. The summed E-state index contributed by atoms with van der Waals surface area (Å²) in [5.74, 6) is -0.598. The molecule has 0 N–H and O–H groups in total. The minimum absolute atomic E-state index is 0.190. The summed E-state index contributed by atoms with van der Waals surface area (Å²) in [6.07, 6.45) is -0.190. The molecule has 1 aliphatic heterocycles. The molecule has 2 atom stereocenters. The van der Waals surface area contributed by atoms with Crippen molar-refractivity contribution in [3.8, 4) is 0 Å². The molecule has 2 unspecified atom stereocenters. The first kappa shape index (κ1) is 14.2. The second-order valence-corrected chi connectivity index (χ2v) is 4.97. The smallest absolute Gasteiger partial charge is 0.244 e. The van der Waals surface area contributed by atoms with E-state index < -0.39 is 5.38 Å². The van der Waals surface area contributed by atoms with Gasteiger partial charge in [0.25, 0.3) is 0 Å². The third-order valence-electron chi connectivity index (χ3n) is 2.82. The molecule has 1 aliphatic rings. The molecule has 1 aromatic carbocycles. The molecular weight excluding hydrogens is 273 g/mol. The van der Waals surface area contributed by atoms with Crippen LogP contribution in [0.4, 0.5) is 10.1 Å². The number of nitrogens with zero attached hydrogens (tertiary/aromatic N) is 1. The molecule has 0 spiro atoms. The molecule has 4 nitrogen and oxygen atoms in total. The number of rotatable bonds is 4. The van der Waals surface area contributed by atoms with Crippen molar-refractivity contribution < 1.29 is 18.7 Å². The van der Waals surface area contributed by atoms with E-state index in [1.54, 1.807) is 19.1 Å². The number of alkyl halides is 1. The number of hydrogen-bond donors (Lipinski definition) is 0. The number of carbonyl (C=O) groups is 1. The predicted octanol–water partition coefficient (Wildman–Crippen LogP) is 2.16. The van der Waals surface area contributed by atoms with Crippen LogP contribution in [0.5, 0.6) is 0 Å². The summed E-state index contributed by atoms with van der Waals surface area (Å²) < 4.78 is 23.4. The van der Waals surface area contributed by atoms with Gasteiger partial charge in [-0.25, -0.2) is 4.39 Å². The van der Waals surface area contributed by atoms with Crippen molar-refractivity contribution in [3.63, 3.8) is 0 Å². The van der Waals surface area contributed by atoms with E-state index in [0.717, 1.165) is 0 Å². The highest BCUT2D eigenvalue weighted by Crippen LogP contribution is 2.19. The average Bonchev–Trinajstić information content (AvgIpc) is 2.89. The zero-order valence-electron chi connectivity index (χ0n) is 10.5. The Balaban J connectivity index is 2.17. The SMILES string of the molecule is CC(Cl)C(=O)N(CC1COCO1)c1ccc(F)cc1. The van der Waals surface area contributed by atoms with Crippen LogP contribution < -0.4 is 4.90 Å². The number of amides is 1. The zero-order valence-corrected chi connectivity index (χ0v) is 11.3. The lowest BCUT2D eigenvalue weighted by molar-refractivity contribution is -0.118. The molecule has 6 heteroatoms. The van der Waals surface area contributed by atoms with Crippen molar-refractivity contribution in [2.45, 2.75) is 18.4 Å². The molecule has 0 aromatic heterocycles. The summed E-state index contributed by atoms with van der Waals surface area (Å²) in [5, 5.41) is -0.660. The molecule has 0 aliphatic carbocycles. The second kappa shape index (κ2) is 6.32. The van der Waals surface area contributed by atoms with Gasteiger partial charge in [0.15, 0.2) is 0 Å². The number of carbonyl (C=O) groups excluding carboxylic acids is 1. The van der Waals surface area contributed by atoms with Crippen molar-refractivity contribution in [2.75, 3.05) is 24.8 Å². The number of ether oxygens (including phenoxy) is 2. The minimum Gasteiger partial charge on any atom is -0.353 e. The number of benzene rings is 1. The highest BCUT2D eigenvalue weighted by Gasteiger charge is 2.26. The van der Waals surface area contributed by atoms with E-state index in [4.69, 9.17) is 21.1 Å². The van der Waals surface area contributed by atoms with Crippen LogP contribution in [0.1, 0.15) is 6.92 Å². The highest BCUT2D eigenvalue weighted by atomic mass is 35.5. The molecule has 104 valence electrons. The van der Waals surface area contributed by atoms with Crippen LogP contribution in [0.25, 0.3) is 0 Å². The van der Waals surface area contributed by atoms with Crippen molar-refractivity contribution in [1.82, 2.24) is 0 Å². The third kappa shape index (κ3) is 3.65. The van der Waals surface area contributed by atoms with Gasteiger partial charge in [0.1, 0.15) is 24.1 Å². The van der Waals surface area contributed by atoms with Gasteiger partial charge in [-0.2, -0.15) is 0 Å². The van der Waals surface area contributed by atoms with E-state index in [1.807, 2.05) is 0 Å². The van der Waals surface area contributed by atoms with E-state index in [0.29, 0.717) is 18.8 Å². The quantitative estimate of drug-likeness (QED) is 0.797. The molecule has 0 saturated carbocycles. The monoisotopic (exact) mass is 287 g/mol. The van der Waals surface area contributed by atoms with E-state index in [1.165, 1.54) is 17.0 Å². The Morgan fingerprint density at radius 2 is 2.21 bits per heavy atom. The summed E-state index contributed by atoms with van der Waals surface area (Å²) in [6.45, 7) is 2.60. The normalized spacial score (nSPS) is 20.3. The van der Waals surface area contributed by atoms with Gasteiger partial charge in [-0.05, 0) is 31.2 Å². The Kier molecular flexibility index (Phi) is 4.74. The summed E-state index contributed by atoms with van der Waals surface area (Å²) in [5.41, 5.74) is 0.592. The van der Waals surface area contributed by atoms with Crippen LogP contribution in [0.15, 0.2) is 24.3 Å². The fourth-order valence-electron chi connectivity index (χ4n) is 1.84. The first-order valence-corrected chi connectivity index (χ1v) is 6.42. The van der Waals surface area contributed by atoms with Crippen LogP contribution in [-0.2, 0) is 14.3 Å². The maximum atomic E-state index is 12.9. The molecule has 1 aromatic rings. The molecule has 1 amide bonds. The highest BCUT2D eigenvalue weighted by molar-refractivity contribution is 6.32. The summed E-state index contributed by atoms with van der Waals surface area (Å²) >= 11 is 5.85. The van der Waals surface area contributed by atoms with Gasteiger partial charge < -0.3 is 14.4 Å². The lowest BCUT2D eigenvalue weighted by Gasteiger charge is -2.26. The molecule has 19 heavy (non-hydrogen) atoms. The van der Waals surface area contributed by atoms with Crippen molar-refractivity contribution in [3.05, 3.63) is 30.1 Å². The Hall–Kier alpha value is -1.17. The molecule has 1 saturated heterocycles. The fraction of sp³-hybridized carbons (Fsp3) is 0.462. The third-order valence-corrected chi connectivity index (χ3v) is 3.01. The lowest BCUT2D eigenvalue weighted by atomic mass is 10.2. The summed E-state index contributed by atoms with van der Waals surface area (Å²) in [7, 11) is 0. The van der Waals surface area contributed by atoms with Gasteiger partial charge in [-0.3, -0.25) is 4.79 Å². The molecule has 1 heterocycles. The van der Waals surface area contributed by atoms with Crippen molar-refractivity contribution >= 4 is 23.2 Å². The van der Waals surface area contributed by atoms with Crippen LogP contribution in [0, 0.1) is 5.82 Å². The minimum atomic E-state index is -0.660. The summed E-state index contributed by atoms with van der Waals surface area (Å²) in [6, 6.07) is 5.70. The first-order chi connectivity index (χ1) is 9.08. The summed E-state index contributed by atoms with van der Waals surface area (Å²) in [4.78, 5) is 13.6. The van der Waals surface area contributed by atoms with Gasteiger partial charge in [0.05, 0.1) is 13.2 Å². The van der Waals surface area contributed by atoms with Crippen molar-refractivity contribution in [2.24, 2.45) is 0 Å². The Morgan fingerprint density at radius 3 is 2.74 bits per heavy atom. The van der Waals surface area contributed by atoms with Gasteiger partial charge in [0, 0.05) is 5.69 Å². The lowest BCUT2D eigenvalue weighted by Crippen LogP contribution is -2.41. The standard InChI is InChI=1S/C13H15ClFNO3/c1-9(14)13(17)16(6-12-7-18-8-19-12)11-4-2-10(15)3-5-11/h2-5,9,12H,6-8H2,1H3. The zero-order chi connectivity index (χ0) is 13.8. The topological polar surface area (TPSA) is 38.8 Å². The Labute approximate surface area is 116 Å². The largest absolute Gasteiger partial charge is 0.353 e. The van der Waals surface area contributed by atoms with Crippen LogP contribution in [0.2, 0.25) is 0 Å². The molecular formula is C13H15ClFNO3. The Morgan fingerprint density at radius 1 is 1.53 bits per heavy atom. The van der Waals surface area contributed by atoms with Gasteiger partial charge in [0.2, 0.25) is 5.91 Å². The first-order valence-electron chi connectivity index (χ1n) is 5.98. The van der Waals surface area contributed by atoms with E-state index in [9.17, 15) is 9.18 Å². The number of halogens is 2. The Bertz CT molecular complexity index is 432. The average molecular weight is 288 g/mol. The van der Waals surface area contributed by atoms with Gasteiger partial charge in [-0.1, -0.05) is 0 Å². The van der Waals surface area contributed by atoms with Gasteiger partial charge >= 0.3 is 0 Å². The molecule has 2 rings (SSSR count). The fourth-order valence-corrected chi connectivity index (χ4v) is 1.96. The van der Waals surface area contributed by atoms with Crippen LogP contribution >= 0.6 is 11.6 Å². The van der Waals surface area contributed by atoms with E-state index in [2.05, 4.69) is 0 Å². The van der Waals surface area contributed by atoms with Gasteiger partial charge in [-0.15, -0.1) is 11.6 Å². The van der Waals surface area contributed by atoms with E-state index >= 15 is 0 Å².